The van der Waals surface area contributed by atoms with Crippen LogP contribution in [-0.4, -0.2) is 24.0 Å². The van der Waals surface area contributed by atoms with Gasteiger partial charge in [-0.05, 0) is 17.7 Å². The fraction of sp³-hybridized carbons (Fsp3) is 0.222. The van der Waals surface area contributed by atoms with Crippen LogP contribution in [0, 0.1) is 0 Å². The van der Waals surface area contributed by atoms with E-state index in [-0.39, 0.29) is 11.9 Å². The van der Waals surface area contributed by atoms with Crippen molar-refractivity contribution in [3.63, 3.8) is 0 Å². The molecule has 1 N–H and O–H groups in total. The second-order valence-corrected chi connectivity index (χ2v) is 6.65. The SMILES string of the molecule is O=C1C[C@H](c2ccccc2)N(c2nc3ccccc3s2)CCN1. The molecule has 0 radical (unpaired) electrons. The van der Waals surface area contributed by atoms with E-state index < -0.39 is 0 Å². The Balaban J connectivity index is 1.77. The highest BCUT2D eigenvalue weighted by Crippen LogP contribution is 2.35. The van der Waals surface area contributed by atoms with Crippen molar-refractivity contribution in [1.82, 2.24) is 10.3 Å². The number of fused-ring (bicyclic) bond motifs is 1. The number of amides is 1. The van der Waals surface area contributed by atoms with E-state index >= 15 is 0 Å². The van der Waals surface area contributed by atoms with Crippen LogP contribution in [0.2, 0.25) is 0 Å². The Hall–Kier alpha value is -2.40. The van der Waals surface area contributed by atoms with Gasteiger partial charge in [0.1, 0.15) is 0 Å². The molecule has 1 atom stereocenters. The van der Waals surface area contributed by atoms with Crippen molar-refractivity contribution in [3.05, 3.63) is 60.2 Å². The summed E-state index contributed by atoms with van der Waals surface area (Å²) in [6.45, 7) is 1.42. The molecular formula is C18H17N3OS. The summed E-state index contributed by atoms with van der Waals surface area (Å²) >= 11 is 1.69. The summed E-state index contributed by atoms with van der Waals surface area (Å²) < 4.78 is 1.18. The third-order valence-electron chi connectivity index (χ3n) is 4.14. The van der Waals surface area contributed by atoms with Crippen molar-refractivity contribution >= 4 is 32.6 Å². The summed E-state index contributed by atoms with van der Waals surface area (Å²) in [5.41, 5.74) is 2.17. The molecular weight excluding hydrogens is 306 g/mol. The Morgan fingerprint density at radius 3 is 2.70 bits per heavy atom. The Morgan fingerprint density at radius 2 is 1.87 bits per heavy atom. The molecule has 116 valence electrons. The summed E-state index contributed by atoms with van der Waals surface area (Å²) in [4.78, 5) is 19.1. The number of anilines is 1. The van der Waals surface area contributed by atoms with E-state index in [4.69, 9.17) is 4.98 Å². The van der Waals surface area contributed by atoms with Crippen molar-refractivity contribution in [1.29, 1.82) is 0 Å². The standard InChI is InChI=1S/C18H17N3OS/c22-17-12-15(13-6-2-1-3-7-13)21(11-10-19-17)18-20-14-8-4-5-9-16(14)23-18/h1-9,15H,10-12H2,(H,19,22)/t15-/m1/s1. The van der Waals surface area contributed by atoms with Crippen LogP contribution in [-0.2, 0) is 4.79 Å². The maximum absolute atomic E-state index is 12.1. The fourth-order valence-electron chi connectivity index (χ4n) is 3.01. The molecule has 1 amide bonds. The summed E-state index contributed by atoms with van der Waals surface area (Å²) in [6.07, 6.45) is 0.458. The van der Waals surface area contributed by atoms with Crippen molar-refractivity contribution in [2.45, 2.75) is 12.5 Å². The van der Waals surface area contributed by atoms with E-state index in [9.17, 15) is 4.79 Å². The van der Waals surface area contributed by atoms with Gasteiger partial charge in [0.05, 0.1) is 22.7 Å². The number of benzene rings is 2. The second-order valence-electron chi connectivity index (χ2n) is 5.64. The summed E-state index contributed by atoms with van der Waals surface area (Å²) in [5.74, 6) is 0.0995. The topological polar surface area (TPSA) is 45.2 Å². The predicted octanol–water partition coefficient (Wildman–Crippen LogP) is 3.36. The molecule has 23 heavy (non-hydrogen) atoms. The second kappa shape index (κ2) is 6.01. The lowest BCUT2D eigenvalue weighted by Crippen LogP contribution is -2.30. The van der Waals surface area contributed by atoms with E-state index in [0.717, 1.165) is 22.8 Å². The number of nitrogens with zero attached hydrogens (tertiary/aromatic N) is 2. The molecule has 1 aliphatic rings. The molecule has 0 unspecified atom stereocenters. The molecule has 2 aromatic carbocycles. The molecule has 4 rings (SSSR count). The first-order valence-corrected chi connectivity index (χ1v) is 8.57. The van der Waals surface area contributed by atoms with E-state index in [1.165, 1.54) is 4.70 Å². The van der Waals surface area contributed by atoms with Crippen LogP contribution in [0.5, 0.6) is 0 Å². The van der Waals surface area contributed by atoms with Gasteiger partial charge in [0.2, 0.25) is 5.91 Å². The van der Waals surface area contributed by atoms with Crippen LogP contribution in [0.4, 0.5) is 5.13 Å². The van der Waals surface area contributed by atoms with Crippen LogP contribution < -0.4 is 10.2 Å². The van der Waals surface area contributed by atoms with Gasteiger partial charge >= 0.3 is 0 Å². The van der Waals surface area contributed by atoms with Gasteiger partial charge in [-0.15, -0.1) is 0 Å². The molecule has 5 heteroatoms. The van der Waals surface area contributed by atoms with Gasteiger partial charge in [0, 0.05) is 13.1 Å². The third kappa shape index (κ3) is 2.80. The highest BCUT2D eigenvalue weighted by Gasteiger charge is 2.28. The molecule has 0 saturated carbocycles. The van der Waals surface area contributed by atoms with Gasteiger partial charge in [-0.2, -0.15) is 0 Å². The van der Waals surface area contributed by atoms with Crippen LogP contribution in [0.25, 0.3) is 10.2 Å². The number of rotatable bonds is 2. The minimum absolute atomic E-state index is 0.0271. The number of thiazole rings is 1. The van der Waals surface area contributed by atoms with Gasteiger partial charge in [-0.1, -0.05) is 53.8 Å². The Bertz CT molecular complexity index is 797. The van der Waals surface area contributed by atoms with Crippen LogP contribution in [0.3, 0.4) is 0 Å². The number of aromatic nitrogens is 1. The minimum atomic E-state index is 0.0271. The average Bonchev–Trinajstić information content (AvgIpc) is 2.92. The first-order chi connectivity index (χ1) is 11.3. The van der Waals surface area contributed by atoms with Crippen LogP contribution in [0.1, 0.15) is 18.0 Å². The maximum atomic E-state index is 12.1. The molecule has 3 aromatic rings. The first kappa shape index (κ1) is 14.2. The highest BCUT2D eigenvalue weighted by atomic mass is 32.1. The molecule has 1 aromatic heterocycles. The molecule has 0 aliphatic carbocycles. The zero-order chi connectivity index (χ0) is 15.6. The Kier molecular flexibility index (Phi) is 3.71. The smallest absolute Gasteiger partial charge is 0.222 e. The number of hydrogen-bond donors (Lipinski definition) is 1. The van der Waals surface area contributed by atoms with Gasteiger partial charge in [0.15, 0.2) is 5.13 Å². The number of nitrogens with one attached hydrogen (secondary N) is 1. The molecule has 1 saturated heterocycles. The van der Waals surface area contributed by atoms with E-state index in [0.29, 0.717) is 13.0 Å². The van der Waals surface area contributed by atoms with Crippen LogP contribution in [0.15, 0.2) is 54.6 Å². The lowest BCUT2D eigenvalue weighted by Gasteiger charge is -2.29. The highest BCUT2D eigenvalue weighted by molar-refractivity contribution is 7.22. The molecule has 0 bridgehead atoms. The Labute approximate surface area is 138 Å². The van der Waals surface area contributed by atoms with Gasteiger partial charge in [-0.25, -0.2) is 4.98 Å². The van der Waals surface area contributed by atoms with E-state index in [1.807, 2.05) is 36.4 Å². The molecule has 2 heterocycles. The Morgan fingerprint density at radius 1 is 1.09 bits per heavy atom. The van der Waals surface area contributed by atoms with Crippen molar-refractivity contribution in [3.8, 4) is 0 Å². The summed E-state index contributed by atoms with van der Waals surface area (Å²) in [5, 5.41) is 3.96. The zero-order valence-corrected chi connectivity index (χ0v) is 13.4. The summed E-state index contributed by atoms with van der Waals surface area (Å²) in [6, 6.07) is 18.4. The number of para-hydroxylation sites is 1. The monoisotopic (exact) mass is 323 g/mol. The summed E-state index contributed by atoms with van der Waals surface area (Å²) in [7, 11) is 0. The fourth-order valence-corrected chi connectivity index (χ4v) is 4.06. The minimum Gasteiger partial charge on any atom is -0.354 e. The van der Waals surface area contributed by atoms with Crippen LogP contribution >= 0.6 is 11.3 Å². The predicted molar refractivity (Wildman–Crippen MR) is 93.8 cm³/mol. The largest absolute Gasteiger partial charge is 0.354 e. The third-order valence-corrected chi connectivity index (χ3v) is 5.22. The molecule has 4 nitrogen and oxygen atoms in total. The van der Waals surface area contributed by atoms with Crippen molar-refractivity contribution < 1.29 is 4.79 Å². The normalized spacial score (nSPS) is 18.7. The van der Waals surface area contributed by atoms with E-state index in [1.54, 1.807) is 11.3 Å². The lowest BCUT2D eigenvalue weighted by atomic mass is 10.0. The van der Waals surface area contributed by atoms with Crippen molar-refractivity contribution in [2.24, 2.45) is 0 Å². The average molecular weight is 323 g/mol. The zero-order valence-electron chi connectivity index (χ0n) is 12.6. The van der Waals surface area contributed by atoms with E-state index in [2.05, 4.69) is 28.4 Å². The number of carbonyl (C=O) groups excluding carboxylic acids is 1. The van der Waals surface area contributed by atoms with Crippen molar-refractivity contribution in [2.75, 3.05) is 18.0 Å². The first-order valence-electron chi connectivity index (χ1n) is 7.75. The maximum Gasteiger partial charge on any atom is 0.222 e. The van der Waals surface area contributed by atoms with Gasteiger partial charge in [0.25, 0.3) is 0 Å². The number of hydrogen-bond acceptors (Lipinski definition) is 4. The van der Waals surface area contributed by atoms with Gasteiger partial charge < -0.3 is 10.2 Å². The quantitative estimate of drug-likeness (QED) is 0.786. The molecule has 1 aliphatic heterocycles. The lowest BCUT2D eigenvalue weighted by molar-refractivity contribution is -0.121. The van der Waals surface area contributed by atoms with Gasteiger partial charge in [-0.3, -0.25) is 4.79 Å². The molecule has 1 fully saturated rings. The number of carbonyl (C=O) groups is 1. The molecule has 0 spiro atoms.